The maximum Gasteiger partial charge on any atom is 0.338 e. The highest BCUT2D eigenvalue weighted by Crippen LogP contribution is 2.53. The minimum atomic E-state index is -0.303. The van der Waals surface area contributed by atoms with Crippen molar-refractivity contribution in [2.45, 2.75) is 45.1 Å². The van der Waals surface area contributed by atoms with Crippen LogP contribution in [0.4, 0.5) is 0 Å². The summed E-state index contributed by atoms with van der Waals surface area (Å²) in [7, 11) is 0. The van der Waals surface area contributed by atoms with Gasteiger partial charge in [-0.15, -0.1) is 0 Å². The maximum absolute atomic E-state index is 13.4. The van der Waals surface area contributed by atoms with E-state index in [2.05, 4.69) is 43.7 Å². The van der Waals surface area contributed by atoms with Crippen LogP contribution in [-0.2, 0) is 4.74 Å². The molecule has 0 N–H and O–H groups in total. The molecule has 164 valence electrons. The zero-order chi connectivity index (χ0) is 22.0. The van der Waals surface area contributed by atoms with Gasteiger partial charge in [0, 0.05) is 33.0 Å². The lowest BCUT2D eigenvalue weighted by Gasteiger charge is -2.48. The summed E-state index contributed by atoms with van der Waals surface area (Å²) in [5.41, 5.74) is 1.39. The number of benzene rings is 2. The molecular formula is C25H27Br2NO3. The third-order valence-corrected chi connectivity index (χ3v) is 8.12. The molecule has 0 radical (unpaired) electrons. The quantitative estimate of drug-likeness (QED) is 0.402. The molecule has 0 unspecified atom stereocenters. The third-order valence-electron chi connectivity index (χ3n) is 7.06. The van der Waals surface area contributed by atoms with Gasteiger partial charge >= 0.3 is 5.97 Å². The molecule has 1 saturated heterocycles. The van der Waals surface area contributed by atoms with Gasteiger partial charge in [-0.05, 0) is 86.1 Å². The van der Waals surface area contributed by atoms with E-state index in [1.54, 1.807) is 12.1 Å². The van der Waals surface area contributed by atoms with Crippen molar-refractivity contribution in [3.05, 3.63) is 68.6 Å². The summed E-state index contributed by atoms with van der Waals surface area (Å²) in [6.07, 6.45) is 5.27. The molecule has 0 aromatic heterocycles. The Kier molecular flexibility index (Phi) is 6.87. The summed E-state index contributed by atoms with van der Waals surface area (Å²) in [5.74, 6) is -0.0525. The number of likely N-dealkylation sites (tertiary alicyclic amines) is 1. The lowest BCUT2D eigenvalue weighted by atomic mass is 9.71. The van der Waals surface area contributed by atoms with E-state index < -0.39 is 0 Å². The van der Waals surface area contributed by atoms with Crippen molar-refractivity contribution in [2.75, 3.05) is 13.2 Å². The first-order valence-corrected chi connectivity index (χ1v) is 12.5. The summed E-state index contributed by atoms with van der Waals surface area (Å²) >= 11 is 6.84. The normalized spacial score (nSPS) is 25.2. The van der Waals surface area contributed by atoms with Gasteiger partial charge in [0.1, 0.15) is 0 Å². The van der Waals surface area contributed by atoms with Crippen molar-refractivity contribution in [1.29, 1.82) is 0 Å². The Morgan fingerprint density at radius 1 is 1.00 bits per heavy atom. The zero-order valence-corrected chi connectivity index (χ0v) is 20.8. The van der Waals surface area contributed by atoms with E-state index in [1.165, 1.54) is 0 Å². The predicted octanol–water partition coefficient (Wildman–Crippen LogP) is 6.48. The SMILES string of the molecule is CC[C@]12CCCN(C(=O)c3ccc(Br)cc3)[C@H]1[C@@H](COC(=O)c1ccc(Br)cc1)CC2. The van der Waals surface area contributed by atoms with E-state index in [0.29, 0.717) is 17.7 Å². The Labute approximate surface area is 200 Å². The second kappa shape index (κ2) is 9.45. The lowest BCUT2D eigenvalue weighted by molar-refractivity contribution is -0.00185. The van der Waals surface area contributed by atoms with Gasteiger partial charge in [-0.1, -0.05) is 38.8 Å². The molecule has 4 nitrogen and oxygen atoms in total. The third kappa shape index (κ3) is 4.61. The molecule has 2 fully saturated rings. The molecule has 1 amide bonds. The van der Waals surface area contributed by atoms with Crippen LogP contribution in [0.1, 0.15) is 59.7 Å². The van der Waals surface area contributed by atoms with Gasteiger partial charge in [-0.2, -0.15) is 0 Å². The smallest absolute Gasteiger partial charge is 0.338 e. The van der Waals surface area contributed by atoms with Gasteiger partial charge in [-0.3, -0.25) is 4.79 Å². The highest BCUT2D eigenvalue weighted by atomic mass is 79.9. The largest absolute Gasteiger partial charge is 0.462 e. The number of esters is 1. The van der Waals surface area contributed by atoms with Gasteiger partial charge in [0.25, 0.3) is 5.91 Å². The van der Waals surface area contributed by atoms with Gasteiger partial charge in [-0.25, -0.2) is 4.79 Å². The summed E-state index contributed by atoms with van der Waals surface area (Å²) < 4.78 is 7.63. The van der Waals surface area contributed by atoms with Crippen LogP contribution in [-0.4, -0.2) is 36.0 Å². The second-order valence-electron chi connectivity index (χ2n) is 8.67. The molecule has 2 aromatic rings. The lowest BCUT2D eigenvalue weighted by Crippen LogP contribution is -2.55. The van der Waals surface area contributed by atoms with Crippen molar-refractivity contribution in [3.8, 4) is 0 Å². The first kappa shape index (κ1) is 22.5. The Morgan fingerprint density at radius 2 is 1.61 bits per heavy atom. The fraction of sp³-hybridized carbons (Fsp3) is 0.440. The average molecular weight is 549 g/mol. The number of rotatable bonds is 5. The molecule has 1 aliphatic heterocycles. The number of hydrogen-bond acceptors (Lipinski definition) is 3. The van der Waals surface area contributed by atoms with E-state index in [4.69, 9.17) is 4.74 Å². The minimum Gasteiger partial charge on any atom is -0.462 e. The molecule has 2 aliphatic rings. The number of ether oxygens (including phenoxy) is 1. The molecule has 1 aliphatic carbocycles. The number of hydrogen-bond donors (Lipinski definition) is 0. The van der Waals surface area contributed by atoms with Crippen LogP contribution in [0, 0.1) is 11.3 Å². The van der Waals surface area contributed by atoms with Crippen molar-refractivity contribution in [3.63, 3.8) is 0 Å². The van der Waals surface area contributed by atoms with Crippen molar-refractivity contribution < 1.29 is 14.3 Å². The summed E-state index contributed by atoms with van der Waals surface area (Å²) in [5, 5.41) is 0. The van der Waals surface area contributed by atoms with E-state index in [1.807, 2.05) is 36.4 Å². The highest BCUT2D eigenvalue weighted by molar-refractivity contribution is 9.10. The number of carbonyl (C=O) groups excluding carboxylic acids is 2. The van der Waals surface area contributed by atoms with Crippen LogP contribution in [0.25, 0.3) is 0 Å². The Balaban J connectivity index is 1.52. The highest BCUT2D eigenvalue weighted by Gasteiger charge is 2.53. The van der Waals surface area contributed by atoms with Gasteiger partial charge in [0.2, 0.25) is 0 Å². The molecule has 1 saturated carbocycles. The van der Waals surface area contributed by atoms with E-state index in [9.17, 15) is 9.59 Å². The number of halogens is 2. The number of amides is 1. The molecule has 3 atom stereocenters. The summed E-state index contributed by atoms with van der Waals surface area (Å²) in [6.45, 7) is 3.35. The van der Waals surface area contributed by atoms with Crippen LogP contribution < -0.4 is 0 Å². The molecule has 4 rings (SSSR count). The molecular weight excluding hydrogens is 522 g/mol. The predicted molar refractivity (Wildman–Crippen MR) is 128 cm³/mol. The molecule has 31 heavy (non-hydrogen) atoms. The van der Waals surface area contributed by atoms with Crippen LogP contribution in [0.2, 0.25) is 0 Å². The number of piperidine rings is 1. The van der Waals surface area contributed by atoms with Gasteiger partial charge < -0.3 is 9.64 Å². The van der Waals surface area contributed by atoms with Crippen LogP contribution in [0.5, 0.6) is 0 Å². The molecule has 1 heterocycles. The van der Waals surface area contributed by atoms with Crippen molar-refractivity contribution >= 4 is 43.7 Å². The monoisotopic (exact) mass is 547 g/mol. The first-order chi connectivity index (χ1) is 14.9. The molecule has 6 heteroatoms. The minimum absolute atomic E-state index is 0.0844. The van der Waals surface area contributed by atoms with Crippen molar-refractivity contribution in [2.24, 2.45) is 11.3 Å². The standard InChI is InChI=1S/C25H27Br2NO3/c1-2-25-13-3-15-28(23(29)17-4-8-20(26)9-5-17)22(25)19(12-14-25)16-31-24(30)18-6-10-21(27)11-7-18/h4-11,19,22H,2-3,12-16H2,1H3/t19-,22+,25-/m1/s1. The number of nitrogens with zero attached hydrogens (tertiary/aromatic N) is 1. The van der Waals surface area contributed by atoms with Gasteiger partial charge in [0.15, 0.2) is 0 Å². The van der Waals surface area contributed by atoms with Gasteiger partial charge in [0.05, 0.1) is 12.2 Å². The Bertz CT molecular complexity index is 944. The van der Waals surface area contributed by atoms with E-state index in [0.717, 1.165) is 47.6 Å². The Hall–Kier alpha value is -1.66. The maximum atomic E-state index is 13.4. The molecule has 0 bridgehead atoms. The topological polar surface area (TPSA) is 46.6 Å². The average Bonchev–Trinajstić information content (AvgIpc) is 3.17. The Morgan fingerprint density at radius 3 is 2.23 bits per heavy atom. The molecule has 2 aromatic carbocycles. The number of fused-ring (bicyclic) bond motifs is 1. The molecule has 0 spiro atoms. The summed E-state index contributed by atoms with van der Waals surface area (Å²) in [4.78, 5) is 28.1. The fourth-order valence-electron chi connectivity index (χ4n) is 5.45. The summed E-state index contributed by atoms with van der Waals surface area (Å²) in [6, 6.07) is 14.9. The van der Waals surface area contributed by atoms with E-state index in [-0.39, 0.29) is 29.3 Å². The zero-order valence-electron chi connectivity index (χ0n) is 17.7. The first-order valence-electron chi connectivity index (χ1n) is 10.9. The number of carbonyl (C=O) groups is 2. The second-order valence-corrected chi connectivity index (χ2v) is 10.5. The van der Waals surface area contributed by atoms with Crippen molar-refractivity contribution in [1.82, 2.24) is 4.90 Å². The fourth-order valence-corrected chi connectivity index (χ4v) is 5.98. The van der Waals surface area contributed by atoms with Crippen LogP contribution >= 0.6 is 31.9 Å². The van der Waals surface area contributed by atoms with E-state index >= 15 is 0 Å². The van der Waals surface area contributed by atoms with Crippen LogP contribution in [0.3, 0.4) is 0 Å². The van der Waals surface area contributed by atoms with Crippen LogP contribution in [0.15, 0.2) is 57.5 Å².